The first-order valence-corrected chi connectivity index (χ1v) is 3.18. The van der Waals surface area contributed by atoms with Gasteiger partial charge in [-0.2, -0.15) is 0 Å². The Morgan fingerprint density at radius 1 is 1.78 bits per heavy atom. The highest BCUT2D eigenvalue weighted by molar-refractivity contribution is 7.14. The second kappa shape index (κ2) is 2.61. The SMILES string of the molecule is NN([C]=O)c1cccs1. The highest BCUT2D eigenvalue weighted by Gasteiger charge is 1.98. The molecule has 3 nitrogen and oxygen atoms in total. The van der Waals surface area contributed by atoms with Crippen LogP contribution < -0.4 is 10.9 Å². The van der Waals surface area contributed by atoms with Gasteiger partial charge in [0.1, 0.15) is 5.00 Å². The maximum atomic E-state index is 9.89. The van der Waals surface area contributed by atoms with Crippen molar-refractivity contribution in [2.45, 2.75) is 0 Å². The van der Waals surface area contributed by atoms with Gasteiger partial charge in [-0.25, -0.2) is 10.9 Å². The van der Waals surface area contributed by atoms with Crippen molar-refractivity contribution in [2.75, 3.05) is 5.01 Å². The molecule has 0 bridgehead atoms. The number of hydrazine groups is 1. The Bertz CT molecular complexity index is 185. The Balaban J connectivity index is 2.76. The number of hydrogen-bond acceptors (Lipinski definition) is 3. The fraction of sp³-hybridized carbons (Fsp3) is 0. The van der Waals surface area contributed by atoms with E-state index in [9.17, 15) is 4.79 Å². The van der Waals surface area contributed by atoms with Crippen molar-refractivity contribution in [3.8, 4) is 0 Å². The molecule has 4 heteroatoms. The summed E-state index contributed by atoms with van der Waals surface area (Å²) in [7, 11) is 0. The zero-order valence-electron chi connectivity index (χ0n) is 4.57. The summed E-state index contributed by atoms with van der Waals surface area (Å²) >= 11 is 1.39. The maximum absolute atomic E-state index is 9.89. The molecule has 0 spiro atoms. The number of carbonyl (C=O) groups excluding carboxylic acids is 1. The molecule has 0 fully saturated rings. The normalized spacial score (nSPS) is 9.00. The van der Waals surface area contributed by atoms with E-state index in [1.165, 1.54) is 17.7 Å². The zero-order valence-corrected chi connectivity index (χ0v) is 5.39. The van der Waals surface area contributed by atoms with E-state index < -0.39 is 0 Å². The Morgan fingerprint density at radius 2 is 2.56 bits per heavy atom. The second-order valence-electron chi connectivity index (χ2n) is 1.41. The Hall–Kier alpha value is -0.870. The van der Waals surface area contributed by atoms with Gasteiger partial charge in [0, 0.05) is 0 Å². The lowest BCUT2D eigenvalue weighted by Crippen LogP contribution is -2.27. The standard InChI is InChI=1S/C5H5N2OS/c6-7(4-8)5-2-1-3-9-5/h1-3H,6H2. The number of rotatable bonds is 2. The molecule has 47 valence electrons. The lowest BCUT2D eigenvalue weighted by atomic mass is 10.6. The number of thiophene rings is 1. The van der Waals surface area contributed by atoms with Crippen LogP contribution in [0.1, 0.15) is 0 Å². The molecule has 1 radical (unpaired) electrons. The minimum absolute atomic E-state index is 0.699. The molecular weight excluding hydrogens is 136 g/mol. The lowest BCUT2D eigenvalue weighted by Gasteiger charge is -2.02. The van der Waals surface area contributed by atoms with E-state index in [4.69, 9.17) is 5.84 Å². The Labute approximate surface area is 56.7 Å². The summed E-state index contributed by atoms with van der Waals surface area (Å²) in [5, 5.41) is 3.46. The molecule has 1 heterocycles. The van der Waals surface area contributed by atoms with E-state index in [1.807, 2.05) is 11.4 Å². The van der Waals surface area contributed by atoms with Gasteiger partial charge in [-0.15, -0.1) is 11.3 Å². The average Bonchev–Trinajstić information content (AvgIpc) is 2.37. The van der Waals surface area contributed by atoms with Crippen LogP contribution >= 0.6 is 11.3 Å². The summed E-state index contributed by atoms with van der Waals surface area (Å²) in [6, 6.07) is 3.56. The quantitative estimate of drug-likeness (QED) is 0.282. The fourth-order valence-electron chi connectivity index (χ4n) is 0.452. The van der Waals surface area contributed by atoms with Gasteiger partial charge in [-0.3, -0.25) is 4.79 Å². The van der Waals surface area contributed by atoms with Crippen molar-refractivity contribution in [3.63, 3.8) is 0 Å². The molecule has 2 N–H and O–H groups in total. The summed E-state index contributed by atoms with van der Waals surface area (Å²) in [5.41, 5.74) is 0. The predicted molar refractivity (Wildman–Crippen MR) is 36.7 cm³/mol. The fourth-order valence-corrected chi connectivity index (χ4v) is 1.06. The molecule has 1 aromatic rings. The van der Waals surface area contributed by atoms with Crippen LogP contribution in [-0.4, -0.2) is 6.41 Å². The van der Waals surface area contributed by atoms with Gasteiger partial charge in [0.15, 0.2) is 0 Å². The van der Waals surface area contributed by atoms with Gasteiger partial charge in [0.2, 0.25) is 0 Å². The van der Waals surface area contributed by atoms with E-state index in [-0.39, 0.29) is 0 Å². The first-order chi connectivity index (χ1) is 4.34. The molecule has 0 aromatic carbocycles. The van der Waals surface area contributed by atoms with Crippen molar-refractivity contribution in [2.24, 2.45) is 5.84 Å². The van der Waals surface area contributed by atoms with Crippen LogP contribution in [0, 0.1) is 0 Å². The van der Waals surface area contributed by atoms with Crippen molar-refractivity contribution in [3.05, 3.63) is 17.5 Å². The van der Waals surface area contributed by atoms with E-state index in [1.54, 1.807) is 6.07 Å². The highest BCUT2D eigenvalue weighted by Crippen LogP contribution is 2.16. The van der Waals surface area contributed by atoms with E-state index in [0.29, 0.717) is 5.00 Å². The zero-order chi connectivity index (χ0) is 6.69. The van der Waals surface area contributed by atoms with Gasteiger partial charge in [0.25, 0.3) is 0 Å². The Morgan fingerprint density at radius 3 is 3.00 bits per heavy atom. The summed E-state index contributed by atoms with van der Waals surface area (Å²) in [6.45, 7) is 0. The first kappa shape index (κ1) is 6.25. The monoisotopic (exact) mass is 141 g/mol. The molecule has 9 heavy (non-hydrogen) atoms. The second-order valence-corrected chi connectivity index (χ2v) is 2.34. The predicted octanol–water partition coefficient (Wildman–Crippen LogP) is 0.495. The van der Waals surface area contributed by atoms with Crippen LogP contribution in [0.2, 0.25) is 0 Å². The molecule has 0 aliphatic rings. The van der Waals surface area contributed by atoms with Crippen LogP contribution in [0.3, 0.4) is 0 Å². The van der Waals surface area contributed by atoms with Crippen LogP contribution in [-0.2, 0) is 4.79 Å². The molecule has 0 atom stereocenters. The van der Waals surface area contributed by atoms with E-state index in [0.717, 1.165) is 5.01 Å². The summed E-state index contributed by atoms with van der Waals surface area (Å²) < 4.78 is 0. The molecule has 1 amide bonds. The van der Waals surface area contributed by atoms with Gasteiger partial charge < -0.3 is 0 Å². The molecular formula is C5H5N2OS. The third kappa shape index (κ3) is 1.28. The largest absolute Gasteiger partial charge is 0.333 e. The molecule has 0 aliphatic carbocycles. The number of nitrogens with zero attached hydrogens (tertiary/aromatic N) is 1. The van der Waals surface area contributed by atoms with E-state index in [2.05, 4.69) is 0 Å². The smallest absolute Gasteiger partial charge is 0.261 e. The minimum Gasteiger partial charge on any atom is -0.261 e. The van der Waals surface area contributed by atoms with Gasteiger partial charge in [0.05, 0.1) is 0 Å². The molecule has 0 saturated carbocycles. The van der Waals surface area contributed by atoms with Crippen molar-refractivity contribution in [1.82, 2.24) is 0 Å². The van der Waals surface area contributed by atoms with Crippen LogP contribution in [0.15, 0.2) is 17.5 Å². The Kier molecular flexibility index (Phi) is 1.81. The van der Waals surface area contributed by atoms with Gasteiger partial charge >= 0.3 is 6.41 Å². The van der Waals surface area contributed by atoms with Crippen LogP contribution in [0.25, 0.3) is 0 Å². The van der Waals surface area contributed by atoms with Crippen molar-refractivity contribution < 1.29 is 4.79 Å². The summed E-state index contributed by atoms with van der Waals surface area (Å²) in [6.07, 6.45) is 1.54. The lowest BCUT2D eigenvalue weighted by molar-refractivity contribution is 0.552. The topological polar surface area (TPSA) is 46.3 Å². The van der Waals surface area contributed by atoms with Gasteiger partial charge in [-0.1, -0.05) is 0 Å². The average molecular weight is 141 g/mol. The number of amides is 1. The van der Waals surface area contributed by atoms with Crippen LogP contribution in [0.4, 0.5) is 5.00 Å². The molecule has 1 aromatic heterocycles. The maximum Gasteiger partial charge on any atom is 0.333 e. The molecule has 0 saturated heterocycles. The van der Waals surface area contributed by atoms with Crippen LogP contribution in [0.5, 0.6) is 0 Å². The summed E-state index contributed by atoms with van der Waals surface area (Å²) in [4.78, 5) is 9.89. The minimum atomic E-state index is 0.699. The molecule has 0 unspecified atom stereocenters. The number of anilines is 1. The third-order valence-corrected chi connectivity index (χ3v) is 1.71. The van der Waals surface area contributed by atoms with Gasteiger partial charge in [-0.05, 0) is 17.5 Å². The van der Waals surface area contributed by atoms with E-state index >= 15 is 0 Å². The highest BCUT2D eigenvalue weighted by atomic mass is 32.1. The number of nitrogens with two attached hydrogens (primary N) is 1. The van der Waals surface area contributed by atoms with Crippen molar-refractivity contribution >= 4 is 22.7 Å². The first-order valence-electron chi connectivity index (χ1n) is 2.30. The molecule has 1 rings (SSSR count). The molecule has 0 aliphatic heterocycles. The summed E-state index contributed by atoms with van der Waals surface area (Å²) in [5.74, 6) is 5.16. The number of hydrogen-bond donors (Lipinski definition) is 1. The third-order valence-electron chi connectivity index (χ3n) is 0.842. The van der Waals surface area contributed by atoms with Crippen molar-refractivity contribution in [1.29, 1.82) is 0 Å².